The van der Waals surface area contributed by atoms with E-state index in [9.17, 15) is 22.8 Å². The molecule has 1 aromatic heterocycles. The lowest BCUT2D eigenvalue weighted by atomic mass is 10.2. The zero-order valence-corrected chi connectivity index (χ0v) is 8.67. The van der Waals surface area contributed by atoms with Crippen LogP contribution in [0.25, 0.3) is 6.08 Å². The van der Waals surface area contributed by atoms with Crippen LogP contribution in [-0.4, -0.2) is 18.1 Å². The van der Waals surface area contributed by atoms with E-state index in [1.54, 1.807) is 0 Å². The van der Waals surface area contributed by atoms with Gasteiger partial charge < -0.3 is 9.72 Å². The summed E-state index contributed by atoms with van der Waals surface area (Å²) in [5.41, 5.74) is -2.50. The summed E-state index contributed by atoms with van der Waals surface area (Å²) in [5.74, 6) is -0.704. The van der Waals surface area contributed by atoms with E-state index < -0.39 is 23.3 Å². The lowest BCUT2D eigenvalue weighted by molar-refractivity contribution is -0.138. The highest BCUT2D eigenvalue weighted by molar-refractivity contribution is 5.86. The monoisotopic (exact) mass is 247 g/mol. The summed E-state index contributed by atoms with van der Waals surface area (Å²) in [6, 6.07) is 0.651. The number of H-pyrrole nitrogens is 1. The van der Waals surface area contributed by atoms with Crippen molar-refractivity contribution in [3.63, 3.8) is 0 Å². The van der Waals surface area contributed by atoms with Crippen molar-refractivity contribution in [2.24, 2.45) is 0 Å². The molecule has 1 N–H and O–H groups in total. The third kappa shape index (κ3) is 3.47. The Morgan fingerprint density at radius 1 is 1.47 bits per heavy atom. The van der Waals surface area contributed by atoms with E-state index >= 15 is 0 Å². The molecule has 4 nitrogen and oxygen atoms in total. The van der Waals surface area contributed by atoms with E-state index in [2.05, 4.69) is 4.74 Å². The van der Waals surface area contributed by atoms with Crippen LogP contribution in [0.15, 0.2) is 23.1 Å². The van der Waals surface area contributed by atoms with E-state index in [4.69, 9.17) is 0 Å². The Morgan fingerprint density at radius 2 is 2.12 bits per heavy atom. The molecule has 1 aromatic rings. The minimum atomic E-state index is -4.73. The minimum absolute atomic E-state index is 0.0438. The molecule has 0 bridgehead atoms. The van der Waals surface area contributed by atoms with E-state index in [-0.39, 0.29) is 5.56 Å². The maximum atomic E-state index is 12.4. The Kier molecular flexibility index (Phi) is 3.72. The molecule has 0 saturated carbocycles. The van der Waals surface area contributed by atoms with Crippen LogP contribution in [0.3, 0.4) is 0 Å². The molecule has 1 rings (SSSR count). The Balaban J connectivity index is 3.10. The molecule has 0 saturated heterocycles. The van der Waals surface area contributed by atoms with Crippen molar-refractivity contribution in [1.82, 2.24) is 4.98 Å². The standard InChI is InChI=1S/C10H8F3NO3/c1-17-8(15)3-2-6-4-7(10(11,12)13)9(16)14-5-6/h2-5H,1H3,(H,14,16). The van der Waals surface area contributed by atoms with Gasteiger partial charge in [0.15, 0.2) is 0 Å². The summed E-state index contributed by atoms with van der Waals surface area (Å²) in [6.07, 6.45) is -1.61. The molecule has 0 aliphatic heterocycles. The summed E-state index contributed by atoms with van der Waals surface area (Å²) in [5, 5.41) is 0. The van der Waals surface area contributed by atoms with Crippen LogP contribution in [0.4, 0.5) is 13.2 Å². The van der Waals surface area contributed by atoms with Crippen LogP contribution in [0.2, 0.25) is 0 Å². The van der Waals surface area contributed by atoms with Crippen LogP contribution in [0.1, 0.15) is 11.1 Å². The smallest absolute Gasteiger partial charge is 0.421 e. The van der Waals surface area contributed by atoms with Crippen LogP contribution in [0, 0.1) is 0 Å². The maximum absolute atomic E-state index is 12.4. The van der Waals surface area contributed by atoms with Crippen molar-refractivity contribution in [2.75, 3.05) is 7.11 Å². The fourth-order valence-corrected chi connectivity index (χ4v) is 1.04. The number of aromatic nitrogens is 1. The SMILES string of the molecule is COC(=O)C=Cc1c[nH]c(=O)c(C(F)(F)F)c1. The summed E-state index contributed by atoms with van der Waals surface area (Å²) in [4.78, 5) is 23.6. The summed E-state index contributed by atoms with van der Waals surface area (Å²) >= 11 is 0. The van der Waals surface area contributed by atoms with Gasteiger partial charge in [-0.05, 0) is 17.7 Å². The van der Waals surface area contributed by atoms with Gasteiger partial charge in [-0.2, -0.15) is 13.2 Å². The molecule has 7 heteroatoms. The number of carbonyl (C=O) groups is 1. The van der Waals surface area contributed by atoms with Gasteiger partial charge in [0.1, 0.15) is 5.56 Å². The van der Waals surface area contributed by atoms with Crippen LogP contribution in [-0.2, 0) is 15.7 Å². The third-order valence-electron chi connectivity index (χ3n) is 1.84. The Bertz CT molecular complexity index is 502. The van der Waals surface area contributed by atoms with Gasteiger partial charge in [0.2, 0.25) is 0 Å². The number of aromatic amines is 1. The van der Waals surface area contributed by atoms with Crippen molar-refractivity contribution in [1.29, 1.82) is 0 Å². The molecule has 0 amide bonds. The van der Waals surface area contributed by atoms with Crippen LogP contribution in [0.5, 0.6) is 0 Å². The number of rotatable bonds is 2. The molecule has 0 atom stereocenters. The lowest BCUT2D eigenvalue weighted by Gasteiger charge is -2.05. The predicted octanol–water partition coefficient (Wildman–Crippen LogP) is 1.58. The number of nitrogens with one attached hydrogen (secondary N) is 1. The highest BCUT2D eigenvalue weighted by atomic mass is 19.4. The van der Waals surface area contributed by atoms with E-state index in [0.717, 1.165) is 25.5 Å². The fraction of sp³-hybridized carbons (Fsp3) is 0.200. The Morgan fingerprint density at radius 3 is 2.65 bits per heavy atom. The predicted molar refractivity (Wildman–Crippen MR) is 53.1 cm³/mol. The second-order valence-corrected chi connectivity index (χ2v) is 3.03. The number of methoxy groups -OCH3 is 1. The number of ether oxygens (including phenoxy) is 1. The first-order chi connectivity index (χ1) is 7.84. The second-order valence-electron chi connectivity index (χ2n) is 3.03. The van der Waals surface area contributed by atoms with Gasteiger partial charge in [0, 0.05) is 12.3 Å². The molecule has 0 unspecified atom stereocenters. The van der Waals surface area contributed by atoms with Crippen molar-refractivity contribution >= 4 is 12.0 Å². The zero-order valence-electron chi connectivity index (χ0n) is 8.67. The molecule has 17 heavy (non-hydrogen) atoms. The average molecular weight is 247 g/mol. The van der Waals surface area contributed by atoms with Gasteiger partial charge in [-0.15, -0.1) is 0 Å². The normalized spacial score (nSPS) is 11.8. The number of hydrogen-bond acceptors (Lipinski definition) is 3. The quantitative estimate of drug-likeness (QED) is 0.637. The number of pyridine rings is 1. The molecule has 0 radical (unpaired) electrons. The second kappa shape index (κ2) is 4.86. The minimum Gasteiger partial charge on any atom is -0.466 e. The first kappa shape index (κ1) is 13.0. The molecule has 0 aliphatic rings. The fourth-order valence-electron chi connectivity index (χ4n) is 1.04. The molecule has 0 fully saturated rings. The molecule has 0 aromatic carbocycles. The molecule has 0 aliphatic carbocycles. The summed E-state index contributed by atoms with van der Waals surface area (Å²) < 4.78 is 41.3. The summed E-state index contributed by atoms with van der Waals surface area (Å²) in [6.45, 7) is 0. The first-order valence-electron chi connectivity index (χ1n) is 4.40. The van der Waals surface area contributed by atoms with Gasteiger partial charge in [0.25, 0.3) is 5.56 Å². The number of hydrogen-bond donors (Lipinski definition) is 1. The first-order valence-corrected chi connectivity index (χ1v) is 4.40. The third-order valence-corrected chi connectivity index (χ3v) is 1.84. The average Bonchev–Trinajstić information content (AvgIpc) is 2.26. The van der Waals surface area contributed by atoms with Gasteiger partial charge in [-0.3, -0.25) is 4.79 Å². The van der Waals surface area contributed by atoms with Gasteiger partial charge >= 0.3 is 12.1 Å². The lowest BCUT2D eigenvalue weighted by Crippen LogP contribution is -2.21. The molecule has 92 valence electrons. The number of alkyl halides is 3. The number of esters is 1. The summed E-state index contributed by atoms with van der Waals surface area (Å²) in [7, 11) is 1.14. The van der Waals surface area contributed by atoms with E-state index in [0.29, 0.717) is 6.07 Å². The van der Waals surface area contributed by atoms with Crippen LogP contribution < -0.4 is 5.56 Å². The molecular formula is C10H8F3NO3. The Hall–Kier alpha value is -2.05. The largest absolute Gasteiger partial charge is 0.466 e. The Labute approximate surface area is 93.7 Å². The number of halogens is 3. The van der Waals surface area contributed by atoms with Crippen molar-refractivity contribution in [2.45, 2.75) is 6.18 Å². The highest BCUT2D eigenvalue weighted by Gasteiger charge is 2.33. The van der Waals surface area contributed by atoms with Crippen LogP contribution >= 0.6 is 0 Å². The van der Waals surface area contributed by atoms with Crippen molar-refractivity contribution in [3.8, 4) is 0 Å². The maximum Gasteiger partial charge on any atom is 0.421 e. The number of carbonyl (C=O) groups excluding carboxylic acids is 1. The highest BCUT2D eigenvalue weighted by Crippen LogP contribution is 2.26. The topological polar surface area (TPSA) is 59.2 Å². The van der Waals surface area contributed by atoms with Crippen molar-refractivity contribution in [3.05, 3.63) is 39.8 Å². The van der Waals surface area contributed by atoms with Gasteiger partial charge in [-0.1, -0.05) is 0 Å². The zero-order chi connectivity index (χ0) is 13.1. The van der Waals surface area contributed by atoms with Gasteiger partial charge in [0.05, 0.1) is 7.11 Å². The van der Waals surface area contributed by atoms with Crippen molar-refractivity contribution < 1.29 is 22.7 Å². The van der Waals surface area contributed by atoms with Gasteiger partial charge in [-0.25, -0.2) is 4.79 Å². The molecular weight excluding hydrogens is 239 g/mol. The van der Waals surface area contributed by atoms with E-state index in [1.165, 1.54) is 0 Å². The molecule has 1 heterocycles. The van der Waals surface area contributed by atoms with E-state index in [1.807, 2.05) is 4.98 Å². The molecule has 0 spiro atoms.